The van der Waals surface area contributed by atoms with Crippen LogP contribution in [0.5, 0.6) is 0 Å². The molecule has 1 N–H and O–H groups in total. The molecular formula is C12H20N4O. The van der Waals surface area contributed by atoms with E-state index in [0.29, 0.717) is 6.04 Å². The average Bonchev–Trinajstić information content (AvgIpc) is 2.39. The van der Waals surface area contributed by atoms with Gasteiger partial charge in [0.1, 0.15) is 5.82 Å². The maximum absolute atomic E-state index is 5.52. The fourth-order valence-corrected chi connectivity index (χ4v) is 1.99. The van der Waals surface area contributed by atoms with Crippen molar-refractivity contribution in [3.05, 3.63) is 24.3 Å². The van der Waals surface area contributed by atoms with Crippen molar-refractivity contribution in [3.8, 4) is 0 Å². The summed E-state index contributed by atoms with van der Waals surface area (Å²) >= 11 is 0. The number of hydrogen-bond acceptors (Lipinski definition) is 5. The summed E-state index contributed by atoms with van der Waals surface area (Å²) in [6, 6.07) is 2.27. The molecule has 2 heterocycles. The summed E-state index contributed by atoms with van der Waals surface area (Å²) in [7, 11) is 0. The summed E-state index contributed by atoms with van der Waals surface area (Å²) in [6.07, 6.45) is 3.59. The van der Waals surface area contributed by atoms with Crippen LogP contribution in [0.1, 0.15) is 12.7 Å². The lowest BCUT2D eigenvalue weighted by atomic mass is 10.2. The Hall–Kier alpha value is -1.04. The molecule has 0 radical (unpaired) electrons. The zero-order valence-corrected chi connectivity index (χ0v) is 10.3. The molecule has 5 heteroatoms. The highest BCUT2D eigenvalue weighted by atomic mass is 16.5. The average molecular weight is 236 g/mol. The molecule has 0 spiro atoms. The van der Waals surface area contributed by atoms with E-state index in [1.54, 1.807) is 12.4 Å². The maximum atomic E-state index is 5.52. The van der Waals surface area contributed by atoms with Crippen molar-refractivity contribution in [3.63, 3.8) is 0 Å². The minimum absolute atomic E-state index is 0.424. The first kappa shape index (κ1) is 12.4. The number of rotatable bonds is 5. The van der Waals surface area contributed by atoms with E-state index in [4.69, 9.17) is 4.74 Å². The summed E-state index contributed by atoms with van der Waals surface area (Å²) in [4.78, 5) is 10.9. The van der Waals surface area contributed by atoms with E-state index in [2.05, 4.69) is 27.1 Å². The zero-order valence-electron chi connectivity index (χ0n) is 10.3. The molecule has 1 aromatic rings. The Morgan fingerprint density at radius 3 is 3.06 bits per heavy atom. The number of hydrogen-bond donors (Lipinski definition) is 1. The van der Waals surface area contributed by atoms with E-state index < -0.39 is 0 Å². The highest BCUT2D eigenvalue weighted by Gasteiger charge is 2.23. The lowest BCUT2D eigenvalue weighted by Crippen LogP contribution is -2.50. The molecule has 1 unspecified atom stereocenters. The van der Waals surface area contributed by atoms with E-state index in [9.17, 15) is 0 Å². The van der Waals surface area contributed by atoms with Crippen molar-refractivity contribution in [1.82, 2.24) is 20.2 Å². The molecule has 1 aromatic heterocycles. The molecule has 1 aliphatic rings. The SMILES string of the molecule is CCNCC1COCCN1Cc1ncccn1. The van der Waals surface area contributed by atoms with Gasteiger partial charge in [0.25, 0.3) is 0 Å². The lowest BCUT2D eigenvalue weighted by molar-refractivity contribution is -0.0118. The van der Waals surface area contributed by atoms with Crippen molar-refractivity contribution in [2.24, 2.45) is 0 Å². The fourth-order valence-electron chi connectivity index (χ4n) is 1.99. The summed E-state index contributed by atoms with van der Waals surface area (Å²) in [5, 5.41) is 3.37. The van der Waals surface area contributed by atoms with E-state index >= 15 is 0 Å². The third-order valence-electron chi connectivity index (χ3n) is 2.94. The Kier molecular flexibility index (Phi) is 4.85. The molecule has 2 rings (SSSR count). The third kappa shape index (κ3) is 3.73. The Balaban J connectivity index is 1.92. The first-order valence-electron chi connectivity index (χ1n) is 6.18. The highest BCUT2D eigenvalue weighted by molar-refractivity contribution is 4.90. The summed E-state index contributed by atoms with van der Waals surface area (Å²) in [5.41, 5.74) is 0. The largest absolute Gasteiger partial charge is 0.378 e. The van der Waals surface area contributed by atoms with Gasteiger partial charge in [0.15, 0.2) is 0 Å². The quantitative estimate of drug-likeness (QED) is 0.796. The van der Waals surface area contributed by atoms with Gasteiger partial charge in [-0.05, 0) is 12.6 Å². The number of nitrogens with one attached hydrogen (secondary N) is 1. The van der Waals surface area contributed by atoms with Gasteiger partial charge in [-0.2, -0.15) is 0 Å². The van der Waals surface area contributed by atoms with Gasteiger partial charge in [-0.25, -0.2) is 9.97 Å². The van der Waals surface area contributed by atoms with Crippen LogP contribution >= 0.6 is 0 Å². The van der Waals surface area contributed by atoms with Crippen molar-refractivity contribution >= 4 is 0 Å². The van der Waals surface area contributed by atoms with Crippen LogP contribution in [0.3, 0.4) is 0 Å². The van der Waals surface area contributed by atoms with Crippen LogP contribution < -0.4 is 5.32 Å². The van der Waals surface area contributed by atoms with E-state index in [1.165, 1.54) is 0 Å². The number of ether oxygens (including phenoxy) is 1. The molecular weight excluding hydrogens is 216 g/mol. The van der Waals surface area contributed by atoms with Gasteiger partial charge in [0.2, 0.25) is 0 Å². The van der Waals surface area contributed by atoms with Gasteiger partial charge < -0.3 is 10.1 Å². The predicted octanol–water partition coefficient (Wildman–Crippen LogP) is 0.287. The van der Waals surface area contributed by atoms with Crippen LogP contribution in [0.15, 0.2) is 18.5 Å². The first-order valence-corrected chi connectivity index (χ1v) is 6.18. The number of morpholine rings is 1. The fraction of sp³-hybridized carbons (Fsp3) is 0.667. The summed E-state index contributed by atoms with van der Waals surface area (Å²) < 4.78 is 5.52. The zero-order chi connectivity index (χ0) is 11.9. The summed E-state index contributed by atoms with van der Waals surface area (Å²) in [5.74, 6) is 0.885. The maximum Gasteiger partial charge on any atom is 0.142 e. The van der Waals surface area contributed by atoms with Crippen molar-refractivity contribution < 1.29 is 4.74 Å². The molecule has 5 nitrogen and oxygen atoms in total. The van der Waals surface area contributed by atoms with Crippen LogP contribution in [0.4, 0.5) is 0 Å². The second-order valence-electron chi connectivity index (χ2n) is 4.17. The monoisotopic (exact) mass is 236 g/mol. The number of nitrogens with zero attached hydrogens (tertiary/aromatic N) is 3. The predicted molar refractivity (Wildman–Crippen MR) is 65.6 cm³/mol. The van der Waals surface area contributed by atoms with Crippen LogP contribution in [0.25, 0.3) is 0 Å². The van der Waals surface area contributed by atoms with Crippen LogP contribution in [0.2, 0.25) is 0 Å². The molecule has 0 aromatic carbocycles. The molecule has 1 atom stereocenters. The number of aromatic nitrogens is 2. The Morgan fingerprint density at radius 1 is 1.47 bits per heavy atom. The van der Waals surface area contributed by atoms with Crippen LogP contribution in [-0.4, -0.2) is 53.8 Å². The van der Waals surface area contributed by atoms with Gasteiger partial charge in [0.05, 0.1) is 19.8 Å². The molecule has 94 valence electrons. The van der Waals surface area contributed by atoms with Gasteiger partial charge in [-0.1, -0.05) is 6.92 Å². The molecule has 1 fully saturated rings. The first-order chi connectivity index (χ1) is 8.40. The number of likely N-dealkylation sites (N-methyl/N-ethyl adjacent to an activating group) is 1. The minimum atomic E-state index is 0.424. The van der Waals surface area contributed by atoms with Crippen LogP contribution in [-0.2, 0) is 11.3 Å². The standard InChI is InChI=1S/C12H20N4O/c1-2-13-8-11-10-17-7-6-16(11)9-12-14-4-3-5-15-12/h3-5,11,13H,2,6-10H2,1H3. The molecule has 0 amide bonds. The Morgan fingerprint density at radius 2 is 2.29 bits per heavy atom. The van der Waals surface area contributed by atoms with Gasteiger partial charge in [0, 0.05) is 31.5 Å². The second kappa shape index (κ2) is 6.64. The van der Waals surface area contributed by atoms with Gasteiger partial charge in [-0.3, -0.25) is 4.90 Å². The lowest BCUT2D eigenvalue weighted by Gasteiger charge is -2.35. The molecule has 17 heavy (non-hydrogen) atoms. The topological polar surface area (TPSA) is 50.3 Å². The van der Waals surface area contributed by atoms with E-state index in [0.717, 1.165) is 45.2 Å². The molecule has 0 aliphatic carbocycles. The van der Waals surface area contributed by atoms with Crippen molar-refractivity contribution in [2.75, 3.05) is 32.8 Å². The van der Waals surface area contributed by atoms with Crippen LogP contribution in [0, 0.1) is 0 Å². The van der Waals surface area contributed by atoms with Gasteiger partial charge in [-0.15, -0.1) is 0 Å². The second-order valence-corrected chi connectivity index (χ2v) is 4.17. The minimum Gasteiger partial charge on any atom is -0.378 e. The third-order valence-corrected chi connectivity index (χ3v) is 2.94. The smallest absolute Gasteiger partial charge is 0.142 e. The molecule has 0 bridgehead atoms. The van der Waals surface area contributed by atoms with Gasteiger partial charge >= 0.3 is 0 Å². The molecule has 0 saturated carbocycles. The highest BCUT2D eigenvalue weighted by Crippen LogP contribution is 2.09. The van der Waals surface area contributed by atoms with Crippen molar-refractivity contribution in [2.45, 2.75) is 19.5 Å². The normalized spacial score (nSPS) is 21.6. The molecule has 1 saturated heterocycles. The summed E-state index contributed by atoms with van der Waals surface area (Å²) in [6.45, 7) is 7.42. The van der Waals surface area contributed by atoms with E-state index in [1.807, 2.05) is 6.07 Å². The Labute approximate surface area is 102 Å². The Bertz CT molecular complexity index is 320. The molecule has 1 aliphatic heterocycles. The van der Waals surface area contributed by atoms with Crippen molar-refractivity contribution in [1.29, 1.82) is 0 Å². The van der Waals surface area contributed by atoms with E-state index in [-0.39, 0.29) is 0 Å².